The van der Waals surface area contributed by atoms with Gasteiger partial charge in [-0.05, 0) is 70.4 Å². The van der Waals surface area contributed by atoms with Gasteiger partial charge < -0.3 is 14.8 Å². The molecule has 0 saturated carbocycles. The number of nitrogens with one attached hydrogen (secondary N) is 2. The van der Waals surface area contributed by atoms with Gasteiger partial charge in [-0.3, -0.25) is 10.1 Å². The van der Waals surface area contributed by atoms with Crippen LogP contribution in [0, 0.1) is 0 Å². The van der Waals surface area contributed by atoms with Crippen molar-refractivity contribution in [3.63, 3.8) is 0 Å². The summed E-state index contributed by atoms with van der Waals surface area (Å²) in [6.45, 7) is 0.473. The summed E-state index contributed by atoms with van der Waals surface area (Å²) >= 11 is 6.23. The minimum Gasteiger partial charge on any atom is -0.447 e. The van der Waals surface area contributed by atoms with Crippen molar-refractivity contribution in [2.75, 3.05) is 25.6 Å². The van der Waals surface area contributed by atoms with Gasteiger partial charge in [0.15, 0.2) is 0 Å². The van der Waals surface area contributed by atoms with Crippen LogP contribution in [0.3, 0.4) is 0 Å². The van der Waals surface area contributed by atoms with Gasteiger partial charge >= 0.3 is 6.09 Å². The minimum atomic E-state index is -0.566. The van der Waals surface area contributed by atoms with Gasteiger partial charge in [-0.1, -0.05) is 54.1 Å². The zero-order valence-electron chi connectivity index (χ0n) is 24.2. The average molecular weight is 625 g/mol. The number of halogens is 1. The fourth-order valence-corrected chi connectivity index (χ4v) is 4.61. The highest BCUT2D eigenvalue weighted by Crippen LogP contribution is 2.25. The van der Waals surface area contributed by atoms with E-state index >= 15 is 0 Å². The van der Waals surface area contributed by atoms with Crippen molar-refractivity contribution in [2.45, 2.75) is 12.5 Å². The highest BCUT2D eigenvalue weighted by atomic mass is 35.5. The quantitative estimate of drug-likeness (QED) is 0.143. The Kier molecular flexibility index (Phi) is 10.5. The zero-order chi connectivity index (χ0) is 31.4. The van der Waals surface area contributed by atoms with Crippen molar-refractivity contribution >= 4 is 35.4 Å². The molecule has 0 bridgehead atoms. The number of hydrogen-bond donors (Lipinski definition) is 2. The molecule has 0 aliphatic heterocycles. The fourth-order valence-electron chi connectivity index (χ4n) is 4.43. The van der Waals surface area contributed by atoms with E-state index < -0.39 is 12.1 Å². The number of benzene rings is 3. The molecule has 0 spiro atoms. The molecule has 0 unspecified atom stereocenters. The first kappa shape index (κ1) is 31.0. The third-order valence-corrected chi connectivity index (χ3v) is 6.85. The number of amides is 2. The molecule has 2 N–H and O–H groups in total. The lowest BCUT2D eigenvalue weighted by Crippen LogP contribution is -2.29. The number of anilines is 1. The second-order valence-corrected chi connectivity index (χ2v) is 10.2. The largest absolute Gasteiger partial charge is 0.447 e. The topological polar surface area (TPSA) is 146 Å². The number of tetrazole rings is 1. The molecule has 13 heteroatoms. The molecular formula is C32H29ClN8O4. The molecule has 5 rings (SSSR count). The normalized spacial score (nSPS) is 11.7. The molecule has 0 aliphatic rings. The number of nitrogens with zero attached hydrogens (tertiary/aromatic N) is 6. The van der Waals surface area contributed by atoms with Gasteiger partial charge in [-0.15, -0.1) is 5.10 Å². The first-order valence-corrected chi connectivity index (χ1v) is 14.3. The Balaban J connectivity index is 1.34. The maximum atomic E-state index is 13.3. The summed E-state index contributed by atoms with van der Waals surface area (Å²) in [5, 5.41) is 26.2. The van der Waals surface area contributed by atoms with E-state index in [1.807, 2.05) is 48.5 Å². The van der Waals surface area contributed by atoms with Crippen molar-refractivity contribution in [2.24, 2.45) is 0 Å². The van der Waals surface area contributed by atoms with Crippen molar-refractivity contribution in [1.82, 2.24) is 35.7 Å². The highest BCUT2D eigenvalue weighted by Gasteiger charge is 2.18. The Hall–Kier alpha value is -5.46. The summed E-state index contributed by atoms with van der Waals surface area (Å²) in [7, 11) is 1.53. The molecule has 45 heavy (non-hydrogen) atoms. The Labute approximate surface area is 264 Å². The van der Waals surface area contributed by atoms with Gasteiger partial charge in [0.2, 0.25) is 5.91 Å². The molecule has 5 aromatic rings. The van der Waals surface area contributed by atoms with Crippen molar-refractivity contribution in [1.29, 1.82) is 0 Å². The minimum absolute atomic E-state index is 0.157. The fraction of sp³-hybridized carbons (Fsp3) is 0.156. The third kappa shape index (κ3) is 8.78. The SMILES string of the molecule is COCCOC(=O)Nc1ccc(-c2cnnc([C@H](Cc3ccccc3)NC(=O)C=Cc3cc(Cl)ccc3-n3cnnn3)c2)cc1. The standard InChI is InChI=1S/C32H29ClN8O4/c1-44-15-16-45-32(43)36-27-11-7-23(8-12-27)25-19-29(38-34-20-25)28(17-22-5-3-2-4-6-22)37-31(42)14-9-24-18-26(33)10-13-30(24)41-21-35-39-40-41/h2-14,18-21,28H,15-17H2,1H3,(H,36,43)(H,37,42)/t28-/m0/s1. The van der Waals surface area contributed by atoms with Crippen LogP contribution in [0.2, 0.25) is 5.02 Å². The average Bonchev–Trinajstić information content (AvgIpc) is 3.60. The first-order chi connectivity index (χ1) is 22.0. The second-order valence-electron chi connectivity index (χ2n) is 9.74. The van der Waals surface area contributed by atoms with Gasteiger partial charge in [-0.2, -0.15) is 14.9 Å². The number of aromatic nitrogens is 6. The summed E-state index contributed by atoms with van der Waals surface area (Å²) in [6.07, 6.45) is 6.11. The summed E-state index contributed by atoms with van der Waals surface area (Å²) in [4.78, 5) is 25.2. The summed E-state index contributed by atoms with van der Waals surface area (Å²) < 4.78 is 11.4. The molecule has 2 aromatic heterocycles. The van der Waals surface area contributed by atoms with E-state index in [-0.39, 0.29) is 12.5 Å². The monoisotopic (exact) mass is 624 g/mol. The number of hydrogen-bond acceptors (Lipinski definition) is 9. The van der Waals surface area contributed by atoms with E-state index in [0.717, 1.165) is 16.7 Å². The number of methoxy groups -OCH3 is 1. The summed E-state index contributed by atoms with van der Waals surface area (Å²) in [5.74, 6) is -0.335. The van der Waals surface area contributed by atoms with Crippen LogP contribution in [0.4, 0.5) is 10.5 Å². The lowest BCUT2D eigenvalue weighted by molar-refractivity contribution is -0.117. The number of rotatable bonds is 12. The molecule has 0 saturated heterocycles. The van der Waals surface area contributed by atoms with Crippen molar-refractivity contribution in [3.05, 3.63) is 119 Å². The van der Waals surface area contributed by atoms with Crippen LogP contribution in [0.5, 0.6) is 0 Å². The molecule has 228 valence electrons. The number of carbonyl (C=O) groups excluding carboxylic acids is 2. The Morgan fingerprint density at radius 2 is 1.80 bits per heavy atom. The predicted octanol–water partition coefficient (Wildman–Crippen LogP) is 5.08. The second kappa shape index (κ2) is 15.3. The van der Waals surface area contributed by atoms with Gasteiger partial charge in [-0.25, -0.2) is 4.79 Å². The number of carbonyl (C=O) groups is 2. The molecule has 0 aliphatic carbocycles. The van der Waals surface area contributed by atoms with Crippen LogP contribution in [-0.2, 0) is 20.7 Å². The van der Waals surface area contributed by atoms with Crippen LogP contribution in [0.15, 0.2) is 97.5 Å². The van der Waals surface area contributed by atoms with E-state index in [1.54, 1.807) is 42.6 Å². The molecule has 0 fully saturated rings. The van der Waals surface area contributed by atoms with E-state index in [0.29, 0.717) is 40.7 Å². The first-order valence-electron chi connectivity index (χ1n) is 13.9. The van der Waals surface area contributed by atoms with Gasteiger partial charge in [0, 0.05) is 35.0 Å². The number of ether oxygens (including phenoxy) is 2. The van der Waals surface area contributed by atoms with E-state index in [2.05, 4.69) is 36.4 Å². The molecule has 2 amide bonds. The van der Waals surface area contributed by atoms with Gasteiger partial charge in [0.1, 0.15) is 12.9 Å². The lowest BCUT2D eigenvalue weighted by atomic mass is 10.00. The van der Waals surface area contributed by atoms with Crippen LogP contribution >= 0.6 is 11.6 Å². The molecular weight excluding hydrogens is 596 g/mol. The van der Waals surface area contributed by atoms with E-state index in [1.165, 1.54) is 24.2 Å². The molecule has 3 aromatic carbocycles. The summed E-state index contributed by atoms with van der Waals surface area (Å²) in [5.41, 5.74) is 5.14. The maximum Gasteiger partial charge on any atom is 0.411 e. The maximum absolute atomic E-state index is 13.3. The molecule has 2 heterocycles. The molecule has 12 nitrogen and oxygen atoms in total. The Bertz CT molecular complexity index is 1750. The molecule has 1 atom stereocenters. The van der Waals surface area contributed by atoms with Crippen LogP contribution in [0.1, 0.15) is 22.9 Å². The Morgan fingerprint density at radius 3 is 2.56 bits per heavy atom. The summed E-state index contributed by atoms with van der Waals surface area (Å²) in [6, 6.07) is 23.7. The Morgan fingerprint density at radius 1 is 0.978 bits per heavy atom. The highest BCUT2D eigenvalue weighted by molar-refractivity contribution is 6.30. The van der Waals surface area contributed by atoms with Gasteiger partial charge in [0.05, 0.1) is 30.2 Å². The van der Waals surface area contributed by atoms with E-state index in [4.69, 9.17) is 21.1 Å². The van der Waals surface area contributed by atoms with Gasteiger partial charge in [0.25, 0.3) is 0 Å². The van der Waals surface area contributed by atoms with Crippen molar-refractivity contribution < 1.29 is 19.1 Å². The predicted molar refractivity (Wildman–Crippen MR) is 169 cm³/mol. The van der Waals surface area contributed by atoms with Crippen LogP contribution < -0.4 is 10.6 Å². The van der Waals surface area contributed by atoms with Crippen LogP contribution in [0.25, 0.3) is 22.9 Å². The lowest BCUT2D eigenvalue weighted by Gasteiger charge is -2.18. The zero-order valence-corrected chi connectivity index (χ0v) is 25.0. The van der Waals surface area contributed by atoms with Crippen LogP contribution in [-0.4, -0.2) is 62.7 Å². The molecule has 0 radical (unpaired) electrons. The van der Waals surface area contributed by atoms with Crippen molar-refractivity contribution in [3.8, 4) is 16.8 Å². The third-order valence-electron chi connectivity index (χ3n) is 6.61. The smallest absolute Gasteiger partial charge is 0.411 e. The van der Waals surface area contributed by atoms with E-state index in [9.17, 15) is 9.59 Å².